The molecule has 0 unspecified atom stereocenters. The first-order valence-corrected chi connectivity index (χ1v) is 2.35. The van der Waals surface area contributed by atoms with Crippen LogP contribution in [0.4, 0.5) is 0 Å². The quantitative estimate of drug-likeness (QED) is 0.277. The predicted octanol–water partition coefficient (Wildman–Crippen LogP) is -4.63. The molecule has 1 radical (unpaired) electrons. The standard InChI is InChI=1S/CH4.Li.Mn.H3O4P.H4Si.H/c;;;1-5(2,3)4;;/h1H4;;;(H3,1,2,3,4);1H4;/q;+1;;;;-1. The third-order valence-electron chi connectivity index (χ3n) is 0. The van der Waals surface area contributed by atoms with Crippen LogP contribution in [0.15, 0.2) is 0 Å². The molecule has 0 spiro atoms. The van der Waals surface area contributed by atoms with Gasteiger partial charge in [0, 0.05) is 17.1 Å². The number of hydrogen-bond donors (Lipinski definition) is 3. The van der Waals surface area contributed by atoms with E-state index in [0.29, 0.717) is 0 Å². The minimum Gasteiger partial charge on any atom is -1.00 e. The van der Waals surface area contributed by atoms with E-state index in [2.05, 4.69) is 0 Å². The van der Waals surface area contributed by atoms with Gasteiger partial charge in [-0.3, -0.25) is 0 Å². The van der Waals surface area contributed by atoms with Crippen LogP contribution in [0.5, 0.6) is 0 Å². The van der Waals surface area contributed by atoms with E-state index in [1.807, 2.05) is 0 Å². The molecule has 0 aromatic rings. The van der Waals surface area contributed by atoms with Crippen molar-refractivity contribution >= 4 is 18.8 Å². The maximum absolute atomic E-state index is 8.88. The van der Waals surface area contributed by atoms with Gasteiger partial charge in [0.15, 0.2) is 0 Å². The Labute approximate surface area is 82.8 Å². The Morgan fingerprint density at radius 2 is 1.22 bits per heavy atom. The summed E-state index contributed by atoms with van der Waals surface area (Å²) in [7, 11) is -4.64. The van der Waals surface area contributed by atoms with Crippen LogP contribution in [0.3, 0.4) is 0 Å². The van der Waals surface area contributed by atoms with E-state index in [-0.39, 0.29) is 55.7 Å². The molecule has 0 rings (SSSR count). The fourth-order valence-corrected chi connectivity index (χ4v) is 0. The van der Waals surface area contributed by atoms with Crippen molar-refractivity contribution in [3.05, 3.63) is 0 Å². The summed E-state index contributed by atoms with van der Waals surface area (Å²) in [4.78, 5) is 21.6. The molecule has 0 bridgehead atoms. The summed E-state index contributed by atoms with van der Waals surface area (Å²) in [6.07, 6.45) is 0. The molecule has 0 aliphatic carbocycles. The fourth-order valence-electron chi connectivity index (χ4n) is 0. The molecule has 0 aromatic carbocycles. The molecule has 3 N–H and O–H groups in total. The molecule has 57 valence electrons. The minimum atomic E-state index is -4.64. The van der Waals surface area contributed by atoms with E-state index >= 15 is 0 Å². The molecule has 0 saturated carbocycles. The van der Waals surface area contributed by atoms with Crippen LogP contribution in [-0.2, 0) is 21.6 Å². The number of phosphoric acid groups is 1. The zero-order valence-corrected chi connectivity index (χ0v) is 5.65. The summed E-state index contributed by atoms with van der Waals surface area (Å²) in [6, 6.07) is 0. The Morgan fingerprint density at radius 3 is 1.22 bits per heavy atom. The Morgan fingerprint density at radius 1 is 1.22 bits per heavy atom. The summed E-state index contributed by atoms with van der Waals surface area (Å²) in [6.45, 7) is 0. The molecule has 0 amide bonds. The molecule has 8 heteroatoms. The van der Waals surface area contributed by atoms with Crippen LogP contribution >= 0.6 is 7.82 Å². The van der Waals surface area contributed by atoms with Gasteiger partial charge in [-0.05, 0) is 11.0 Å². The van der Waals surface area contributed by atoms with Gasteiger partial charge in [0.25, 0.3) is 0 Å². The molecular weight excluding hydrogens is 197 g/mol. The van der Waals surface area contributed by atoms with Crippen molar-refractivity contribution in [2.75, 3.05) is 0 Å². The minimum absolute atomic E-state index is 0. The van der Waals surface area contributed by atoms with Crippen molar-refractivity contribution in [1.82, 2.24) is 0 Å². The zero-order chi connectivity index (χ0) is 4.50. The molecule has 0 atom stereocenters. The second kappa shape index (κ2) is 12.2. The second-order valence-corrected chi connectivity index (χ2v) is 1.54. The first kappa shape index (κ1) is 31.4. The third kappa shape index (κ3) is 251. The maximum atomic E-state index is 8.88. The second-order valence-electron chi connectivity index (χ2n) is 0.513. The van der Waals surface area contributed by atoms with Crippen molar-refractivity contribution in [2.24, 2.45) is 0 Å². The summed E-state index contributed by atoms with van der Waals surface area (Å²) in [5.74, 6) is 0. The van der Waals surface area contributed by atoms with Gasteiger partial charge >= 0.3 is 26.7 Å². The molecule has 0 fully saturated rings. The third-order valence-corrected chi connectivity index (χ3v) is 0. The van der Waals surface area contributed by atoms with Crippen molar-refractivity contribution in [2.45, 2.75) is 7.43 Å². The van der Waals surface area contributed by atoms with E-state index in [9.17, 15) is 0 Å². The fraction of sp³-hybridized carbons (Fsp3) is 1.00. The maximum Gasteiger partial charge on any atom is 1.00 e. The van der Waals surface area contributed by atoms with Crippen molar-refractivity contribution in [3.8, 4) is 0 Å². The van der Waals surface area contributed by atoms with E-state index in [1.54, 1.807) is 0 Å². The number of hydrogen-bond acceptors (Lipinski definition) is 1. The van der Waals surface area contributed by atoms with Gasteiger partial charge in [-0.25, -0.2) is 4.57 Å². The predicted molar refractivity (Wildman–Crippen MR) is 33.4 cm³/mol. The summed E-state index contributed by atoms with van der Waals surface area (Å²) in [5, 5.41) is 0. The molecule has 0 heterocycles. The Hall–Kier alpha value is 1.44. The molecule has 0 aromatic heterocycles. The van der Waals surface area contributed by atoms with Crippen molar-refractivity contribution in [3.63, 3.8) is 0 Å². The smallest absolute Gasteiger partial charge is 1.00 e. The van der Waals surface area contributed by atoms with Crippen molar-refractivity contribution < 1.29 is 56.6 Å². The van der Waals surface area contributed by atoms with Gasteiger partial charge < -0.3 is 16.1 Å². The average Bonchev–Trinajstić information content (AvgIpc) is 0.722. The van der Waals surface area contributed by atoms with Gasteiger partial charge in [-0.1, -0.05) is 7.43 Å². The summed E-state index contributed by atoms with van der Waals surface area (Å²) in [5.41, 5.74) is 0. The molecule has 4 nitrogen and oxygen atoms in total. The van der Waals surface area contributed by atoms with E-state index in [1.165, 1.54) is 0 Å². The van der Waals surface area contributed by atoms with E-state index < -0.39 is 7.82 Å². The summed E-state index contributed by atoms with van der Waals surface area (Å²) >= 11 is 0. The van der Waals surface area contributed by atoms with E-state index in [0.717, 1.165) is 0 Å². The average molecular weight is 209 g/mol. The van der Waals surface area contributed by atoms with Gasteiger partial charge in [0.1, 0.15) is 0 Å². The molecule has 0 aliphatic rings. The van der Waals surface area contributed by atoms with Gasteiger partial charge in [-0.2, -0.15) is 0 Å². The van der Waals surface area contributed by atoms with Crippen LogP contribution in [0.25, 0.3) is 0 Å². The first-order chi connectivity index (χ1) is 2.00. The largest absolute Gasteiger partial charge is 1.00 e. The monoisotopic (exact) mass is 209 g/mol. The topological polar surface area (TPSA) is 77.8 Å². The van der Waals surface area contributed by atoms with Gasteiger partial charge in [-0.15, -0.1) is 0 Å². The Balaban J connectivity index is -0.00000000800. The molecule has 9 heavy (non-hydrogen) atoms. The van der Waals surface area contributed by atoms with Crippen LogP contribution in [0, 0.1) is 0 Å². The van der Waals surface area contributed by atoms with Crippen LogP contribution in [0.2, 0.25) is 0 Å². The van der Waals surface area contributed by atoms with Crippen molar-refractivity contribution in [1.29, 1.82) is 0 Å². The van der Waals surface area contributed by atoms with Crippen LogP contribution < -0.4 is 18.9 Å². The number of rotatable bonds is 0. The SMILES string of the molecule is C.O=P(O)(O)O.[H-].[Li+].[Mn].[SiH4]. The van der Waals surface area contributed by atoms with Crippen LogP contribution in [-0.4, -0.2) is 25.6 Å². The van der Waals surface area contributed by atoms with E-state index in [4.69, 9.17) is 19.2 Å². The molecular formula is CH12LiMnO4PSi. The van der Waals surface area contributed by atoms with Crippen LogP contribution in [0.1, 0.15) is 8.85 Å². The van der Waals surface area contributed by atoms with Gasteiger partial charge in [0.2, 0.25) is 0 Å². The first-order valence-electron chi connectivity index (χ1n) is 0.783. The molecule has 0 aliphatic heterocycles. The zero-order valence-electron chi connectivity index (χ0n) is 4.58. The summed E-state index contributed by atoms with van der Waals surface area (Å²) < 4.78 is 8.88. The Bertz CT molecular complexity index is 71.4. The van der Waals surface area contributed by atoms with Gasteiger partial charge in [0.05, 0.1) is 0 Å². The molecule has 0 saturated heterocycles. The normalized spacial score (nSPS) is 6.56. The Kier molecular flexibility index (Phi) is 42.4.